The van der Waals surface area contributed by atoms with Gasteiger partial charge in [-0.1, -0.05) is 30.0 Å². The number of imide groups is 1. The zero-order valence-electron chi connectivity index (χ0n) is 14.8. The van der Waals surface area contributed by atoms with E-state index >= 15 is 0 Å². The maximum Gasteiger partial charge on any atom is 0.277 e. The highest BCUT2D eigenvalue weighted by molar-refractivity contribution is 8.16. The summed E-state index contributed by atoms with van der Waals surface area (Å²) in [6.07, 6.45) is 0. The molecule has 2 aliphatic heterocycles. The number of carbonyl (C=O) groups excluding carboxylic acids is 3. The summed E-state index contributed by atoms with van der Waals surface area (Å²) in [7, 11) is 0. The molecule has 0 fully saturated rings. The SMILES string of the molecule is CC(=O)N1C(=O)C2(SC(c3cc(F)ccc3F)=NN2C(C)=O)c2ccccc21. The standard InChI is InChI=1S/C19H13F2N3O3S/c1-10(25)23-16-6-4-3-5-14(16)19(18(23)27)24(11(2)26)22-17(28-19)13-9-12(20)7-8-15(13)21/h3-9H,1-2H3. The Bertz CT molecular complexity index is 1090. The Kier molecular flexibility index (Phi) is 4.07. The van der Waals surface area contributed by atoms with Crippen LogP contribution in [0.25, 0.3) is 0 Å². The van der Waals surface area contributed by atoms with Crippen LogP contribution in [-0.2, 0) is 19.3 Å². The van der Waals surface area contributed by atoms with Crippen molar-refractivity contribution in [3.63, 3.8) is 0 Å². The first-order chi connectivity index (χ1) is 13.3. The van der Waals surface area contributed by atoms with Crippen LogP contribution in [0.15, 0.2) is 47.6 Å². The lowest BCUT2D eigenvalue weighted by molar-refractivity contribution is -0.140. The molecule has 0 radical (unpaired) electrons. The predicted molar refractivity (Wildman–Crippen MR) is 99.3 cm³/mol. The van der Waals surface area contributed by atoms with Crippen LogP contribution in [0, 0.1) is 11.6 Å². The minimum atomic E-state index is -1.69. The number of thioether (sulfide) groups is 1. The third-order valence-electron chi connectivity index (χ3n) is 4.51. The molecule has 2 aromatic carbocycles. The highest BCUT2D eigenvalue weighted by atomic mass is 32.2. The molecule has 142 valence electrons. The molecule has 1 unspecified atom stereocenters. The molecule has 0 saturated heterocycles. The quantitative estimate of drug-likeness (QED) is 0.737. The first-order valence-corrected chi connectivity index (χ1v) is 9.07. The summed E-state index contributed by atoms with van der Waals surface area (Å²) in [5.74, 6) is -3.21. The normalized spacial score (nSPS) is 20.6. The largest absolute Gasteiger partial charge is 0.277 e. The molecule has 0 saturated carbocycles. The van der Waals surface area contributed by atoms with Gasteiger partial charge in [0.25, 0.3) is 5.91 Å². The lowest BCUT2D eigenvalue weighted by atomic mass is 10.1. The van der Waals surface area contributed by atoms with Crippen LogP contribution in [-0.4, -0.2) is 27.8 Å². The van der Waals surface area contributed by atoms with Gasteiger partial charge in [-0.3, -0.25) is 14.4 Å². The number of amides is 3. The Morgan fingerprint density at radius 3 is 2.46 bits per heavy atom. The van der Waals surface area contributed by atoms with Gasteiger partial charge in [0.15, 0.2) is 0 Å². The number of halogens is 2. The van der Waals surface area contributed by atoms with Gasteiger partial charge in [0.1, 0.15) is 16.7 Å². The van der Waals surface area contributed by atoms with Crippen LogP contribution >= 0.6 is 11.8 Å². The van der Waals surface area contributed by atoms with Crippen molar-refractivity contribution in [2.45, 2.75) is 18.7 Å². The Balaban J connectivity index is 1.93. The van der Waals surface area contributed by atoms with Crippen LogP contribution in [0.4, 0.5) is 14.5 Å². The first-order valence-electron chi connectivity index (χ1n) is 8.26. The van der Waals surface area contributed by atoms with Crippen LogP contribution in [0.1, 0.15) is 25.0 Å². The second-order valence-corrected chi connectivity index (χ2v) is 7.46. The molecule has 4 rings (SSSR count). The second kappa shape index (κ2) is 6.23. The van der Waals surface area contributed by atoms with E-state index in [1.54, 1.807) is 24.3 Å². The van der Waals surface area contributed by atoms with Crippen molar-refractivity contribution in [1.29, 1.82) is 0 Å². The minimum absolute atomic E-state index is 0.0271. The lowest BCUT2D eigenvalue weighted by Gasteiger charge is -2.29. The van der Waals surface area contributed by atoms with E-state index in [2.05, 4.69) is 5.10 Å². The number of rotatable bonds is 1. The summed E-state index contributed by atoms with van der Waals surface area (Å²) in [6.45, 7) is 2.45. The van der Waals surface area contributed by atoms with E-state index in [1.807, 2.05) is 0 Å². The molecule has 1 atom stereocenters. The van der Waals surface area contributed by atoms with Crippen molar-refractivity contribution in [3.8, 4) is 0 Å². The van der Waals surface area contributed by atoms with Crippen molar-refractivity contribution in [1.82, 2.24) is 5.01 Å². The van der Waals surface area contributed by atoms with Crippen molar-refractivity contribution >= 4 is 40.2 Å². The first kappa shape index (κ1) is 18.3. The van der Waals surface area contributed by atoms with E-state index < -0.39 is 34.2 Å². The van der Waals surface area contributed by atoms with E-state index in [4.69, 9.17) is 0 Å². The van der Waals surface area contributed by atoms with Gasteiger partial charge in [-0.2, -0.15) is 5.10 Å². The summed E-state index contributed by atoms with van der Waals surface area (Å²) < 4.78 is 28.0. The molecular weight excluding hydrogens is 388 g/mol. The lowest BCUT2D eigenvalue weighted by Crippen LogP contribution is -2.49. The van der Waals surface area contributed by atoms with Gasteiger partial charge in [0.2, 0.25) is 16.7 Å². The molecule has 1 spiro atoms. The number of fused-ring (bicyclic) bond motifs is 2. The molecule has 0 aromatic heterocycles. The van der Waals surface area contributed by atoms with Crippen molar-refractivity contribution in [2.75, 3.05) is 4.90 Å². The van der Waals surface area contributed by atoms with Crippen LogP contribution in [0.5, 0.6) is 0 Å². The van der Waals surface area contributed by atoms with Crippen LogP contribution < -0.4 is 4.90 Å². The van der Waals surface area contributed by atoms with Gasteiger partial charge in [-0.15, -0.1) is 0 Å². The molecule has 2 aliphatic rings. The maximum atomic E-state index is 14.3. The smallest absolute Gasteiger partial charge is 0.274 e. The molecule has 0 N–H and O–H groups in total. The Hall–Kier alpha value is -3.07. The molecule has 2 heterocycles. The third kappa shape index (κ3) is 2.39. The average Bonchev–Trinajstić information content (AvgIpc) is 3.16. The van der Waals surface area contributed by atoms with E-state index in [0.29, 0.717) is 11.3 Å². The number of hydrogen-bond acceptors (Lipinski definition) is 5. The number of nitrogens with zero attached hydrogens (tertiary/aromatic N) is 3. The second-order valence-electron chi connectivity index (χ2n) is 6.28. The fourth-order valence-corrected chi connectivity index (χ4v) is 4.76. The van der Waals surface area contributed by atoms with Gasteiger partial charge >= 0.3 is 0 Å². The van der Waals surface area contributed by atoms with Gasteiger partial charge in [-0.05, 0) is 24.3 Å². The average molecular weight is 401 g/mol. The summed E-state index contributed by atoms with van der Waals surface area (Å²) in [4.78, 5) is 37.1. The number of carbonyl (C=O) groups is 3. The minimum Gasteiger partial charge on any atom is -0.274 e. The molecule has 3 amide bonds. The number of benzene rings is 2. The van der Waals surface area contributed by atoms with Gasteiger partial charge < -0.3 is 0 Å². The van der Waals surface area contributed by atoms with Gasteiger partial charge in [0, 0.05) is 25.0 Å². The zero-order valence-corrected chi connectivity index (χ0v) is 15.6. The van der Waals surface area contributed by atoms with E-state index in [0.717, 1.165) is 39.9 Å². The van der Waals surface area contributed by atoms with Crippen LogP contribution in [0.3, 0.4) is 0 Å². The van der Waals surface area contributed by atoms with Crippen molar-refractivity contribution in [2.24, 2.45) is 5.10 Å². The van der Waals surface area contributed by atoms with E-state index in [1.165, 1.54) is 13.8 Å². The molecule has 6 nitrogen and oxygen atoms in total. The summed E-state index contributed by atoms with van der Waals surface area (Å²) in [6, 6.07) is 9.38. The number of hydrogen-bond donors (Lipinski definition) is 0. The monoisotopic (exact) mass is 401 g/mol. The summed E-state index contributed by atoms with van der Waals surface area (Å²) >= 11 is 0.810. The topological polar surface area (TPSA) is 70.1 Å². The third-order valence-corrected chi connectivity index (χ3v) is 5.87. The molecule has 0 aliphatic carbocycles. The van der Waals surface area contributed by atoms with E-state index in [-0.39, 0.29) is 10.6 Å². The number of anilines is 1. The van der Waals surface area contributed by atoms with Crippen LogP contribution in [0.2, 0.25) is 0 Å². The zero-order chi connectivity index (χ0) is 20.2. The molecular formula is C19H13F2N3O3S. The fraction of sp³-hybridized carbons (Fsp3) is 0.158. The molecule has 9 heteroatoms. The van der Waals surface area contributed by atoms with Crippen molar-refractivity contribution in [3.05, 3.63) is 65.2 Å². The maximum absolute atomic E-state index is 14.3. The summed E-state index contributed by atoms with van der Waals surface area (Å²) in [5, 5.41) is 5.04. The summed E-state index contributed by atoms with van der Waals surface area (Å²) in [5.41, 5.74) is 0.542. The number of para-hydroxylation sites is 1. The fourth-order valence-electron chi connectivity index (χ4n) is 3.37. The van der Waals surface area contributed by atoms with Gasteiger partial charge in [0.05, 0.1) is 5.69 Å². The molecule has 2 aromatic rings. The Morgan fingerprint density at radius 2 is 1.79 bits per heavy atom. The predicted octanol–water partition coefficient (Wildman–Crippen LogP) is 2.97. The molecule has 28 heavy (non-hydrogen) atoms. The highest BCUT2D eigenvalue weighted by Gasteiger charge is 2.61. The van der Waals surface area contributed by atoms with E-state index in [9.17, 15) is 23.2 Å². The highest BCUT2D eigenvalue weighted by Crippen LogP contribution is 2.55. The Morgan fingerprint density at radius 1 is 1.07 bits per heavy atom. The van der Waals surface area contributed by atoms with Gasteiger partial charge in [-0.25, -0.2) is 18.7 Å². The number of hydrazone groups is 1. The van der Waals surface area contributed by atoms with Crippen molar-refractivity contribution < 1.29 is 23.2 Å². The molecule has 0 bridgehead atoms. The Labute approximate surface area is 162 Å².